The first-order valence-electron chi connectivity index (χ1n) is 43.7. The molecule has 36 nitrogen and oxygen atoms in total. The third-order valence-electron chi connectivity index (χ3n) is 23.6. The average molecular weight is 1700 g/mol. The fourth-order valence-corrected chi connectivity index (χ4v) is 16.0. The van der Waals surface area contributed by atoms with Crippen molar-refractivity contribution >= 4 is 0 Å². The third-order valence-corrected chi connectivity index (χ3v) is 23.6. The van der Waals surface area contributed by atoms with Gasteiger partial charge < -0.3 is 178 Å². The molecule has 6 aliphatic rings. The Bertz CT molecular complexity index is 2230. The Balaban J connectivity index is 1.39. The Kier molecular flexibility index (Phi) is 50.5. The van der Waals surface area contributed by atoms with Crippen LogP contribution >= 0.6 is 0 Å². The highest BCUT2D eigenvalue weighted by Crippen LogP contribution is 2.38. The van der Waals surface area contributed by atoms with E-state index in [1.54, 1.807) is 0 Å². The van der Waals surface area contributed by atoms with Crippen molar-refractivity contribution in [1.82, 2.24) is 0 Å². The molecule has 692 valence electrons. The summed E-state index contributed by atoms with van der Waals surface area (Å²) in [6.07, 6.45) is -25.6. The van der Waals surface area contributed by atoms with Gasteiger partial charge in [0.2, 0.25) is 0 Å². The van der Waals surface area contributed by atoms with Gasteiger partial charge in [-0.2, -0.15) is 0 Å². The minimum atomic E-state index is -2.16. The van der Waals surface area contributed by atoms with E-state index >= 15 is 0 Å². The molecule has 6 aliphatic heterocycles. The predicted octanol–water partition coefficient (Wildman–Crippen LogP) is -1.20. The summed E-state index contributed by atoms with van der Waals surface area (Å²) in [5.74, 6) is 0.00730. The molecular weight excluding hydrogens is 1550 g/mol. The predicted molar refractivity (Wildman–Crippen MR) is 414 cm³/mol. The van der Waals surface area contributed by atoms with E-state index in [0.717, 1.165) is 128 Å². The zero-order valence-electron chi connectivity index (χ0n) is 69.5. The highest BCUT2D eigenvalue weighted by molar-refractivity contribution is 4.99. The van der Waals surface area contributed by atoms with Gasteiger partial charge in [-0.1, -0.05) is 182 Å². The molecule has 0 radical (unpaired) electrons. The quantitative estimate of drug-likeness (QED) is 0.0318. The molecule has 6 rings (SSSR count). The number of aliphatic hydroxyl groups is 21. The van der Waals surface area contributed by atoms with Gasteiger partial charge in [-0.25, -0.2) is 0 Å². The first-order valence-corrected chi connectivity index (χ1v) is 43.7. The number of hydrogen-bond acceptors (Lipinski definition) is 36. The van der Waals surface area contributed by atoms with Crippen LogP contribution in [0.2, 0.25) is 0 Å². The summed E-state index contributed by atoms with van der Waals surface area (Å²) in [5.41, 5.74) is -2.00. The molecule has 36 heteroatoms. The number of rotatable bonds is 61. The van der Waals surface area contributed by atoms with E-state index in [4.69, 9.17) is 71.1 Å². The second-order valence-corrected chi connectivity index (χ2v) is 33.4. The molecule has 6 heterocycles. The van der Waals surface area contributed by atoms with Crippen LogP contribution in [0.4, 0.5) is 0 Å². The van der Waals surface area contributed by atoms with Crippen molar-refractivity contribution in [3.8, 4) is 0 Å². The molecule has 6 fully saturated rings. The molecule has 6 saturated heterocycles. The van der Waals surface area contributed by atoms with Crippen molar-refractivity contribution in [2.75, 3.05) is 99.1 Å². The highest BCUT2D eigenvalue weighted by Gasteiger charge is 2.56. The molecule has 0 amide bonds. The van der Waals surface area contributed by atoms with Gasteiger partial charge >= 0.3 is 0 Å². The normalized spacial score (nSPS) is 36.4. The first-order chi connectivity index (χ1) is 56.3. The van der Waals surface area contributed by atoms with Crippen LogP contribution in [0.15, 0.2) is 0 Å². The van der Waals surface area contributed by atoms with Crippen LogP contribution in [-0.2, 0) is 71.1 Å². The van der Waals surface area contributed by atoms with Crippen LogP contribution in [0, 0.1) is 23.2 Å². The molecule has 0 aliphatic carbocycles. The van der Waals surface area contributed by atoms with E-state index < -0.39 is 262 Å². The lowest BCUT2D eigenvalue weighted by atomic mass is 9.91. The largest absolute Gasteiger partial charge is 0.394 e. The lowest BCUT2D eigenvalue weighted by Gasteiger charge is -2.47. The van der Waals surface area contributed by atoms with Gasteiger partial charge in [-0.05, 0) is 37.5 Å². The van der Waals surface area contributed by atoms with Crippen LogP contribution < -0.4 is 0 Å². The van der Waals surface area contributed by atoms with Crippen molar-refractivity contribution in [1.29, 1.82) is 0 Å². The van der Waals surface area contributed by atoms with Gasteiger partial charge in [-0.3, -0.25) is 0 Å². The maximum Gasteiger partial charge on any atom is 0.187 e. The topological polar surface area (TPSA) is 563 Å². The smallest absolute Gasteiger partial charge is 0.187 e. The van der Waals surface area contributed by atoms with Gasteiger partial charge in [-0.15, -0.1) is 0 Å². The molecule has 0 aromatic carbocycles. The van der Waals surface area contributed by atoms with Gasteiger partial charge in [0.05, 0.1) is 91.3 Å². The van der Waals surface area contributed by atoms with Crippen molar-refractivity contribution in [2.24, 2.45) is 23.2 Å². The molecule has 0 aromatic heterocycles. The fraction of sp³-hybridized carbons (Fsp3) is 1.00. The Morgan fingerprint density at radius 2 is 0.453 bits per heavy atom. The average Bonchev–Trinajstić information content (AvgIpc) is 0.789. The molecule has 31 atom stereocenters. The zero-order valence-corrected chi connectivity index (χ0v) is 69.5. The van der Waals surface area contributed by atoms with Crippen LogP contribution in [0.5, 0.6) is 0 Å². The summed E-state index contributed by atoms with van der Waals surface area (Å²) in [7, 11) is 0. The Labute approximate surface area is 689 Å². The Morgan fingerprint density at radius 1 is 0.231 bits per heavy atom. The van der Waals surface area contributed by atoms with Crippen molar-refractivity contribution in [3.05, 3.63) is 0 Å². The molecule has 0 saturated carbocycles. The SMILES string of the molecule is CCCCCCCCC(CCCCCCCC)COCC(COCC(CCCCCCCC)CCCCCCCC)COCC(CO[C@@H]1OC(CO)[C@@H](O[C@@H]2OC(CO)[C@@H](O)C(O)C2O)C(O)C1O)(CO[C@@H]1OC(CO)[C@@H](O[C@H]2OC(CO)[C@@H](O)[C@H](O)C2O)C(O)C1O)CO[C@@H]1OC(CO)[C@H](O[C@H]2OC(CO)[C@@H](O)C(O)C2O)C(O)C1O. The number of unbranched alkanes of at least 4 members (excludes halogenated alkanes) is 20. The van der Waals surface area contributed by atoms with Crippen LogP contribution in [0.25, 0.3) is 0 Å². The van der Waals surface area contributed by atoms with Gasteiger partial charge in [0.15, 0.2) is 37.7 Å². The summed E-state index contributed by atoms with van der Waals surface area (Å²) >= 11 is 0. The van der Waals surface area contributed by atoms with Crippen LogP contribution in [0.1, 0.15) is 207 Å². The first kappa shape index (κ1) is 104. The second kappa shape index (κ2) is 56.6. The van der Waals surface area contributed by atoms with Crippen molar-refractivity contribution in [3.63, 3.8) is 0 Å². The van der Waals surface area contributed by atoms with E-state index in [1.807, 2.05) is 0 Å². The monoisotopic (exact) mass is 1700 g/mol. The number of aliphatic hydroxyl groups excluding tert-OH is 21. The Hall–Kier alpha value is -1.44. The zero-order chi connectivity index (χ0) is 85.6. The minimum absolute atomic E-state index is 0.138. The molecular formula is C81H152O36. The van der Waals surface area contributed by atoms with E-state index in [-0.39, 0.29) is 31.7 Å². The maximum atomic E-state index is 12.0. The molecule has 21 N–H and O–H groups in total. The van der Waals surface area contributed by atoms with Gasteiger partial charge in [0.25, 0.3) is 0 Å². The maximum absolute atomic E-state index is 12.0. The fourth-order valence-electron chi connectivity index (χ4n) is 16.0. The van der Waals surface area contributed by atoms with E-state index in [9.17, 15) is 107 Å². The standard InChI is InChI=1S/C81H152O36/c1-5-9-13-17-21-25-29-48(30-26-22-18-14-10-6-2)39-103-41-50(42-104-40-49(31-27-23-19-15-11-7-3)32-28-24-20-16-12-8-4)43-105-44-81(45-106-75-69(100)63(94)72(54(36-85)112-75)115-78-66(97)60(91)57(88)51(33-82)109-78,46-107-76-70(101)64(95)73(55(37-86)113-76)116-79-67(98)61(92)58(89)52(34-83)110-79)47-108-77-71(102)65(96)74(56(38-87)114-77)117-80-68(99)62(93)59(90)53(35-84)111-80/h48-80,82-102H,5-47H2,1-4H3/t51?,52?,53?,54?,55?,56?,57-,58-,59-,60+,61?,62?,63?,64?,65?,66?,67?,68?,69?,70?,71?,72-,73-,74+,75-,76-,77-,78-,79+,80-,81?/m1/s1. The summed E-state index contributed by atoms with van der Waals surface area (Å²) < 4.78 is 92.1. The van der Waals surface area contributed by atoms with Gasteiger partial charge in [0.1, 0.15) is 146 Å². The third kappa shape index (κ3) is 32.4. The van der Waals surface area contributed by atoms with Crippen molar-refractivity contribution < 1.29 is 178 Å². The second-order valence-electron chi connectivity index (χ2n) is 33.4. The highest BCUT2D eigenvalue weighted by atomic mass is 16.8. The van der Waals surface area contributed by atoms with Crippen LogP contribution in [0.3, 0.4) is 0 Å². The number of ether oxygens (including phenoxy) is 15. The molecule has 18 unspecified atom stereocenters. The summed E-state index contributed by atoms with van der Waals surface area (Å²) in [4.78, 5) is 0. The lowest BCUT2D eigenvalue weighted by Crippen LogP contribution is -2.65. The molecule has 117 heavy (non-hydrogen) atoms. The molecule has 0 spiro atoms. The van der Waals surface area contributed by atoms with Crippen molar-refractivity contribution in [2.45, 2.75) is 392 Å². The number of hydrogen-bond donors (Lipinski definition) is 21. The van der Waals surface area contributed by atoms with E-state index in [0.29, 0.717) is 13.2 Å². The summed E-state index contributed by atoms with van der Waals surface area (Å²) in [5, 5.41) is 231. The minimum Gasteiger partial charge on any atom is -0.394 e. The van der Waals surface area contributed by atoms with Crippen LogP contribution in [-0.4, -0.2) is 391 Å². The molecule has 0 aromatic rings. The van der Waals surface area contributed by atoms with Gasteiger partial charge in [0, 0.05) is 19.1 Å². The lowest BCUT2D eigenvalue weighted by molar-refractivity contribution is -0.370. The summed E-state index contributed by atoms with van der Waals surface area (Å²) in [6.45, 7) is 1.19. The van der Waals surface area contributed by atoms with E-state index in [2.05, 4.69) is 27.7 Å². The molecule has 0 bridgehead atoms. The summed E-state index contributed by atoms with van der Waals surface area (Å²) in [6, 6.07) is 0. The van der Waals surface area contributed by atoms with E-state index in [1.165, 1.54) is 51.4 Å². The Morgan fingerprint density at radius 3 is 0.709 bits per heavy atom.